The highest BCUT2D eigenvalue weighted by atomic mass is 16.5. The van der Waals surface area contributed by atoms with Gasteiger partial charge in [0, 0.05) is 35.7 Å². The van der Waals surface area contributed by atoms with Crippen LogP contribution < -0.4 is 14.4 Å². The van der Waals surface area contributed by atoms with Crippen LogP contribution in [0.1, 0.15) is 50.2 Å². The zero-order valence-corrected chi connectivity index (χ0v) is 18.8. The quantitative estimate of drug-likeness (QED) is 0.686. The van der Waals surface area contributed by atoms with Gasteiger partial charge >= 0.3 is 0 Å². The van der Waals surface area contributed by atoms with Gasteiger partial charge in [-0.05, 0) is 54.2 Å². The van der Waals surface area contributed by atoms with E-state index < -0.39 is 0 Å². The lowest BCUT2D eigenvalue weighted by atomic mass is 9.69. The molecule has 162 valence electrons. The second-order valence-corrected chi connectivity index (χ2v) is 9.24. The molecule has 0 spiro atoms. The van der Waals surface area contributed by atoms with Gasteiger partial charge in [-0.3, -0.25) is 14.5 Å². The van der Waals surface area contributed by atoms with E-state index >= 15 is 0 Å². The Bertz CT molecular complexity index is 1080. The smallest absolute Gasteiger partial charge is 0.232 e. The number of ether oxygens (including phenoxy) is 2. The van der Waals surface area contributed by atoms with Crippen molar-refractivity contribution in [1.82, 2.24) is 0 Å². The average molecular weight is 420 g/mol. The molecule has 0 aromatic heterocycles. The fourth-order valence-corrected chi connectivity index (χ4v) is 4.84. The predicted octanol–water partition coefficient (Wildman–Crippen LogP) is 5.18. The molecular weight excluding hydrogens is 390 g/mol. The molecule has 5 nitrogen and oxygen atoms in total. The molecule has 2 aliphatic rings. The Morgan fingerprint density at radius 3 is 2.39 bits per heavy atom. The molecule has 4 rings (SSSR count). The summed E-state index contributed by atoms with van der Waals surface area (Å²) in [5, 5.41) is 0. The van der Waals surface area contributed by atoms with Gasteiger partial charge in [0.15, 0.2) is 17.3 Å². The molecule has 0 radical (unpaired) electrons. The summed E-state index contributed by atoms with van der Waals surface area (Å²) < 4.78 is 10.8. The van der Waals surface area contributed by atoms with Crippen LogP contribution in [0.15, 0.2) is 53.7 Å². The number of anilines is 1. The average Bonchev–Trinajstić information content (AvgIpc) is 2.71. The molecule has 0 fully saturated rings. The summed E-state index contributed by atoms with van der Waals surface area (Å²) in [6.45, 7) is 6.19. The van der Waals surface area contributed by atoms with E-state index in [1.165, 1.54) is 0 Å². The number of nitrogens with zero attached hydrogens (tertiary/aromatic N) is 1. The largest absolute Gasteiger partial charge is 0.493 e. The Morgan fingerprint density at radius 1 is 0.968 bits per heavy atom. The van der Waals surface area contributed by atoms with Crippen molar-refractivity contribution in [2.75, 3.05) is 19.1 Å². The number of carbonyl (C=O) groups excluding carboxylic acids is 2. The highest BCUT2D eigenvalue weighted by Crippen LogP contribution is 2.49. The molecule has 0 saturated heterocycles. The van der Waals surface area contributed by atoms with E-state index in [0.29, 0.717) is 24.3 Å². The van der Waals surface area contributed by atoms with E-state index in [-0.39, 0.29) is 29.4 Å². The minimum absolute atomic E-state index is 0.00892. The van der Waals surface area contributed by atoms with E-state index in [4.69, 9.17) is 9.47 Å². The van der Waals surface area contributed by atoms with Gasteiger partial charge in [-0.2, -0.15) is 0 Å². The van der Waals surface area contributed by atoms with Gasteiger partial charge in [-0.15, -0.1) is 0 Å². The molecule has 2 aromatic rings. The SMILES string of the molecule is COc1ccc(C2CC(=O)N(c3cccc(C)c3)C3=C2C(=O)CC(C)(C)C3)cc1OC. The number of carbonyl (C=O) groups is 2. The van der Waals surface area contributed by atoms with Crippen molar-refractivity contribution >= 4 is 17.4 Å². The lowest BCUT2D eigenvalue weighted by Crippen LogP contribution is -2.43. The Balaban J connectivity index is 1.89. The zero-order chi connectivity index (χ0) is 22.3. The van der Waals surface area contributed by atoms with Crippen molar-refractivity contribution in [1.29, 1.82) is 0 Å². The first-order chi connectivity index (χ1) is 14.7. The van der Waals surface area contributed by atoms with Crippen molar-refractivity contribution in [3.63, 3.8) is 0 Å². The van der Waals surface area contributed by atoms with Gasteiger partial charge in [-0.1, -0.05) is 32.0 Å². The Labute approximate surface area is 183 Å². The number of methoxy groups -OCH3 is 2. The van der Waals surface area contributed by atoms with E-state index in [1.54, 1.807) is 19.1 Å². The highest BCUT2D eigenvalue weighted by molar-refractivity contribution is 6.07. The molecule has 1 unspecified atom stereocenters. The number of amides is 1. The number of rotatable bonds is 4. The van der Waals surface area contributed by atoms with Gasteiger partial charge in [0.1, 0.15) is 0 Å². The maximum atomic E-state index is 13.5. The van der Waals surface area contributed by atoms with E-state index in [1.807, 2.05) is 49.4 Å². The number of hydrogen-bond acceptors (Lipinski definition) is 4. The molecule has 0 N–H and O–H groups in total. The molecule has 1 heterocycles. The minimum Gasteiger partial charge on any atom is -0.493 e. The monoisotopic (exact) mass is 419 g/mol. The van der Waals surface area contributed by atoms with Crippen LogP contribution in [0.5, 0.6) is 11.5 Å². The third kappa shape index (κ3) is 3.85. The van der Waals surface area contributed by atoms with Gasteiger partial charge in [0.05, 0.1) is 14.2 Å². The van der Waals surface area contributed by atoms with Crippen LogP contribution in [0, 0.1) is 12.3 Å². The highest BCUT2D eigenvalue weighted by Gasteiger charge is 2.44. The first kappa shape index (κ1) is 21.2. The second-order valence-electron chi connectivity index (χ2n) is 9.24. The summed E-state index contributed by atoms with van der Waals surface area (Å²) in [5.74, 6) is 1.07. The van der Waals surface area contributed by atoms with Gasteiger partial charge < -0.3 is 9.47 Å². The van der Waals surface area contributed by atoms with Gasteiger partial charge in [0.2, 0.25) is 5.91 Å². The molecular formula is C26H29NO4. The fraction of sp³-hybridized carbons (Fsp3) is 0.385. The standard InChI is InChI=1S/C26H29NO4/c1-16-7-6-8-18(11-16)27-20-14-26(2,3)15-21(28)25(20)19(13-24(27)29)17-9-10-22(30-4)23(12-17)31-5/h6-12,19H,13-15H2,1-5H3. The van der Waals surface area contributed by atoms with Crippen LogP contribution in [-0.4, -0.2) is 25.9 Å². The van der Waals surface area contributed by atoms with Crippen LogP contribution in [0.3, 0.4) is 0 Å². The number of hydrogen-bond donors (Lipinski definition) is 0. The number of aryl methyl sites for hydroxylation is 1. The molecule has 2 aromatic carbocycles. The van der Waals surface area contributed by atoms with Crippen molar-refractivity contribution in [2.45, 2.75) is 46.0 Å². The fourth-order valence-electron chi connectivity index (χ4n) is 4.84. The summed E-state index contributed by atoms with van der Waals surface area (Å²) in [7, 11) is 3.18. The van der Waals surface area contributed by atoms with E-state index in [9.17, 15) is 9.59 Å². The van der Waals surface area contributed by atoms with Crippen LogP contribution in [0.2, 0.25) is 0 Å². The van der Waals surface area contributed by atoms with Crippen molar-refractivity contribution in [2.24, 2.45) is 5.41 Å². The summed E-state index contributed by atoms with van der Waals surface area (Å²) in [4.78, 5) is 28.6. The number of benzene rings is 2. The first-order valence-corrected chi connectivity index (χ1v) is 10.6. The van der Waals surface area contributed by atoms with Crippen LogP contribution in [0.4, 0.5) is 5.69 Å². The maximum Gasteiger partial charge on any atom is 0.232 e. The zero-order valence-electron chi connectivity index (χ0n) is 18.8. The van der Waals surface area contributed by atoms with Crippen LogP contribution in [0.25, 0.3) is 0 Å². The van der Waals surface area contributed by atoms with Gasteiger partial charge in [-0.25, -0.2) is 0 Å². The van der Waals surface area contributed by atoms with Crippen molar-refractivity contribution in [3.05, 3.63) is 64.9 Å². The number of ketones is 1. The summed E-state index contributed by atoms with van der Waals surface area (Å²) in [6.07, 6.45) is 1.40. The first-order valence-electron chi connectivity index (χ1n) is 10.6. The van der Waals surface area contributed by atoms with E-state index in [0.717, 1.165) is 28.1 Å². The second kappa shape index (κ2) is 7.88. The summed E-state index contributed by atoms with van der Waals surface area (Å²) in [5.41, 5.74) is 4.20. The Morgan fingerprint density at radius 2 is 1.71 bits per heavy atom. The lowest BCUT2D eigenvalue weighted by Gasteiger charge is -2.43. The minimum atomic E-state index is -0.285. The van der Waals surface area contributed by atoms with E-state index in [2.05, 4.69) is 13.8 Å². The molecule has 0 bridgehead atoms. The van der Waals surface area contributed by atoms with Crippen molar-refractivity contribution < 1.29 is 19.1 Å². The lowest BCUT2D eigenvalue weighted by molar-refractivity contribution is -0.121. The normalized spacial score (nSPS) is 20.5. The molecule has 1 amide bonds. The van der Waals surface area contributed by atoms with Crippen LogP contribution >= 0.6 is 0 Å². The molecule has 31 heavy (non-hydrogen) atoms. The molecule has 1 aliphatic carbocycles. The summed E-state index contributed by atoms with van der Waals surface area (Å²) >= 11 is 0. The van der Waals surface area contributed by atoms with Gasteiger partial charge in [0.25, 0.3) is 0 Å². The number of Topliss-reactive ketones (excluding diaryl/α,β-unsaturated/α-hetero) is 1. The van der Waals surface area contributed by atoms with Crippen LogP contribution in [-0.2, 0) is 9.59 Å². The molecule has 1 atom stereocenters. The third-order valence-electron chi connectivity index (χ3n) is 6.21. The Hall–Kier alpha value is -3.08. The molecule has 5 heteroatoms. The number of allylic oxidation sites excluding steroid dienone is 2. The molecule has 0 saturated carbocycles. The van der Waals surface area contributed by atoms with Crippen molar-refractivity contribution in [3.8, 4) is 11.5 Å². The Kier molecular flexibility index (Phi) is 5.38. The third-order valence-corrected chi connectivity index (χ3v) is 6.21. The predicted molar refractivity (Wildman–Crippen MR) is 121 cm³/mol. The topological polar surface area (TPSA) is 55.8 Å². The summed E-state index contributed by atoms with van der Waals surface area (Å²) in [6, 6.07) is 13.6. The maximum absolute atomic E-state index is 13.5. The molecule has 1 aliphatic heterocycles.